The summed E-state index contributed by atoms with van der Waals surface area (Å²) < 4.78 is 4.96. The van der Waals surface area contributed by atoms with Crippen molar-refractivity contribution in [1.82, 2.24) is 20.5 Å². The quantitative estimate of drug-likeness (QED) is 0.703. The van der Waals surface area contributed by atoms with Crippen LogP contribution in [0.4, 0.5) is 10.7 Å². The highest BCUT2D eigenvalue weighted by atomic mass is 16.6. The molecule has 0 fully saturated rings. The van der Waals surface area contributed by atoms with Gasteiger partial charge in [0.2, 0.25) is 11.9 Å². The van der Waals surface area contributed by atoms with Crippen LogP contribution in [-0.4, -0.2) is 39.3 Å². The van der Waals surface area contributed by atoms with Crippen molar-refractivity contribution in [2.45, 2.75) is 26.4 Å². The first kappa shape index (κ1) is 12.9. The van der Waals surface area contributed by atoms with Crippen molar-refractivity contribution >= 4 is 17.9 Å². The highest BCUT2D eigenvalue weighted by Crippen LogP contribution is 2.06. The molecule has 8 heteroatoms. The molecule has 0 radical (unpaired) electrons. The fourth-order valence-electron chi connectivity index (χ4n) is 0.909. The fraction of sp³-hybridized carbons (Fsp3) is 0.556. The van der Waals surface area contributed by atoms with Gasteiger partial charge in [0.15, 0.2) is 0 Å². The smallest absolute Gasteiger partial charge is 0.408 e. The van der Waals surface area contributed by atoms with Crippen molar-refractivity contribution in [3.8, 4) is 0 Å². The van der Waals surface area contributed by atoms with Crippen molar-refractivity contribution in [2.75, 3.05) is 11.9 Å². The summed E-state index contributed by atoms with van der Waals surface area (Å²) in [5, 5.41) is 10.7. The van der Waals surface area contributed by atoms with E-state index in [1.54, 1.807) is 20.8 Å². The van der Waals surface area contributed by atoms with Crippen LogP contribution in [0.15, 0.2) is 6.33 Å². The van der Waals surface area contributed by atoms with Crippen LogP contribution in [0, 0.1) is 0 Å². The van der Waals surface area contributed by atoms with Crippen molar-refractivity contribution in [3.05, 3.63) is 6.33 Å². The Morgan fingerprint density at radius 1 is 1.47 bits per heavy atom. The third-order valence-corrected chi connectivity index (χ3v) is 1.47. The van der Waals surface area contributed by atoms with Crippen LogP contribution < -0.4 is 10.6 Å². The number of nitrogens with one attached hydrogen (secondary N) is 3. The number of aromatic nitrogens is 3. The van der Waals surface area contributed by atoms with E-state index < -0.39 is 17.6 Å². The maximum atomic E-state index is 11.3. The Kier molecular flexibility index (Phi) is 4.02. The van der Waals surface area contributed by atoms with E-state index in [0.29, 0.717) is 0 Å². The predicted octanol–water partition coefficient (Wildman–Crippen LogP) is 0.268. The molecule has 0 aliphatic carbocycles. The molecular formula is C9H15N5O3. The zero-order valence-electron chi connectivity index (χ0n) is 9.90. The van der Waals surface area contributed by atoms with Gasteiger partial charge in [-0.25, -0.2) is 9.89 Å². The van der Waals surface area contributed by atoms with Gasteiger partial charge in [-0.05, 0) is 20.8 Å². The Morgan fingerprint density at radius 2 is 2.18 bits per heavy atom. The number of hydrogen-bond acceptors (Lipinski definition) is 5. The molecule has 1 aromatic heterocycles. The highest BCUT2D eigenvalue weighted by molar-refractivity contribution is 5.92. The summed E-state index contributed by atoms with van der Waals surface area (Å²) in [6.07, 6.45) is 0.613. The van der Waals surface area contributed by atoms with Gasteiger partial charge < -0.3 is 10.1 Å². The molecule has 1 rings (SSSR count). The maximum Gasteiger partial charge on any atom is 0.408 e. The number of aromatic amines is 1. The van der Waals surface area contributed by atoms with Gasteiger partial charge in [0.05, 0.1) is 0 Å². The topological polar surface area (TPSA) is 109 Å². The third-order valence-electron chi connectivity index (χ3n) is 1.47. The Balaban J connectivity index is 2.26. The molecule has 1 aromatic rings. The Hall–Kier alpha value is -2.12. The number of anilines is 1. The van der Waals surface area contributed by atoms with Crippen molar-refractivity contribution in [2.24, 2.45) is 0 Å². The summed E-state index contributed by atoms with van der Waals surface area (Å²) >= 11 is 0. The number of alkyl carbamates (subject to hydrolysis) is 1. The van der Waals surface area contributed by atoms with Crippen molar-refractivity contribution < 1.29 is 14.3 Å². The first-order valence-electron chi connectivity index (χ1n) is 4.99. The third kappa shape index (κ3) is 5.50. The lowest BCUT2D eigenvalue weighted by molar-refractivity contribution is -0.115. The molecule has 0 aromatic carbocycles. The maximum absolute atomic E-state index is 11.3. The van der Waals surface area contributed by atoms with Gasteiger partial charge in [-0.1, -0.05) is 0 Å². The molecule has 0 aliphatic rings. The van der Waals surface area contributed by atoms with Gasteiger partial charge in [0, 0.05) is 0 Å². The second-order valence-corrected chi connectivity index (χ2v) is 4.24. The number of carbonyl (C=O) groups is 2. The molecule has 17 heavy (non-hydrogen) atoms. The number of amides is 2. The Bertz CT molecular complexity index is 382. The SMILES string of the molecule is CC(C)(C)OC(=O)NCC(=O)Nc1ncn[nH]1. The van der Waals surface area contributed by atoms with Crippen molar-refractivity contribution in [3.63, 3.8) is 0 Å². The van der Waals surface area contributed by atoms with Crippen LogP contribution in [0.2, 0.25) is 0 Å². The zero-order valence-corrected chi connectivity index (χ0v) is 9.90. The van der Waals surface area contributed by atoms with Crippen molar-refractivity contribution in [1.29, 1.82) is 0 Å². The van der Waals surface area contributed by atoms with Gasteiger partial charge in [0.1, 0.15) is 18.5 Å². The summed E-state index contributed by atoms with van der Waals surface area (Å²) in [5.41, 5.74) is -0.592. The van der Waals surface area contributed by atoms with Gasteiger partial charge >= 0.3 is 6.09 Å². The van der Waals surface area contributed by atoms with E-state index in [-0.39, 0.29) is 12.5 Å². The predicted molar refractivity (Wildman–Crippen MR) is 59.2 cm³/mol. The van der Waals surface area contributed by atoms with Crippen LogP contribution in [0.1, 0.15) is 20.8 Å². The molecule has 0 bridgehead atoms. The first-order valence-corrected chi connectivity index (χ1v) is 4.99. The number of ether oxygens (including phenoxy) is 1. The van der Waals surface area contributed by atoms with Crippen LogP contribution in [0.25, 0.3) is 0 Å². The minimum atomic E-state index is -0.648. The lowest BCUT2D eigenvalue weighted by Crippen LogP contribution is -2.37. The standard InChI is InChI=1S/C9H15N5O3/c1-9(2,3)17-8(16)10-4-6(15)13-7-11-5-12-14-7/h5H,4H2,1-3H3,(H,10,16)(H2,11,12,13,14,15). The Labute approximate surface area is 98.1 Å². The van der Waals surface area contributed by atoms with Gasteiger partial charge in [-0.15, -0.1) is 0 Å². The molecule has 0 spiro atoms. The zero-order chi connectivity index (χ0) is 12.9. The molecule has 0 unspecified atom stereocenters. The minimum absolute atomic E-state index is 0.199. The molecule has 94 valence electrons. The average Bonchev–Trinajstić information content (AvgIpc) is 2.64. The van der Waals surface area contributed by atoms with E-state index in [1.807, 2.05) is 0 Å². The molecule has 3 N–H and O–H groups in total. The molecule has 1 heterocycles. The normalized spacial score (nSPS) is 10.8. The number of rotatable bonds is 3. The molecular weight excluding hydrogens is 226 g/mol. The fourth-order valence-corrected chi connectivity index (χ4v) is 0.909. The highest BCUT2D eigenvalue weighted by Gasteiger charge is 2.16. The largest absolute Gasteiger partial charge is 0.444 e. The van der Waals surface area contributed by atoms with Crippen LogP contribution in [0.5, 0.6) is 0 Å². The van der Waals surface area contributed by atoms with E-state index in [9.17, 15) is 9.59 Å². The number of hydrogen-bond donors (Lipinski definition) is 3. The van der Waals surface area contributed by atoms with E-state index in [0.717, 1.165) is 0 Å². The lowest BCUT2D eigenvalue weighted by atomic mass is 10.2. The van der Waals surface area contributed by atoms with E-state index in [4.69, 9.17) is 4.74 Å². The van der Waals surface area contributed by atoms with Gasteiger partial charge in [0.25, 0.3) is 0 Å². The van der Waals surface area contributed by atoms with Gasteiger partial charge in [-0.2, -0.15) is 10.1 Å². The summed E-state index contributed by atoms with van der Waals surface area (Å²) in [6, 6.07) is 0. The molecule has 0 saturated carbocycles. The summed E-state index contributed by atoms with van der Waals surface area (Å²) in [6.45, 7) is 5.01. The van der Waals surface area contributed by atoms with Crippen LogP contribution in [0.3, 0.4) is 0 Å². The molecule has 0 saturated heterocycles. The number of nitrogens with zero attached hydrogens (tertiary/aromatic N) is 2. The second kappa shape index (κ2) is 5.28. The first-order chi connectivity index (χ1) is 7.87. The number of H-pyrrole nitrogens is 1. The molecule has 0 aliphatic heterocycles. The minimum Gasteiger partial charge on any atom is -0.444 e. The van der Waals surface area contributed by atoms with E-state index in [1.165, 1.54) is 6.33 Å². The second-order valence-electron chi connectivity index (χ2n) is 4.24. The average molecular weight is 241 g/mol. The van der Waals surface area contributed by atoms with Crippen LogP contribution >= 0.6 is 0 Å². The molecule has 0 atom stereocenters. The molecule has 8 nitrogen and oxygen atoms in total. The van der Waals surface area contributed by atoms with Gasteiger partial charge in [-0.3, -0.25) is 10.1 Å². The lowest BCUT2D eigenvalue weighted by Gasteiger charge is -2.19. The summed E-state index contributed by atoms with van der Waals surface area (Å²) in [5.74, 6) is -0.200. The van der Waals surface area contributed by atoms with Crippen LogP contribution in [-0.2, 0) is 9.53 Å². The van der Waals surface area contributed by atoms with E-state index in [2.05, 4.69) is 25.8 Å². The molecule has 2 amide bonds. The van der Waals surface area contributed by atoms with E-state index >= 15 is 0 Å². The summed E-state index contributed by atoms with van der Waals surface area (Å²) in [4.78, 5) is 26.2. The number of carbonyl (C=O) groups excluding carboxylic acids is 2. The summed E-state index contributed by atoms with van der Waals surface area (Å²) in [7, 11) is 0. The Morgan fingerprint density at radius 3 is 2.71 bits per heavy atom. The monoisotopic (exact) mass is 241 g/mol.